The molecule has 0 aliphatic carbocycles. The Hall–Kier alpha value is -2.41. The number of hydrogen-bond acceptors (Lipinski definition) is 5. The Kier molecular flexibility index (Phi) is 4.76. The molecule has 1 aliphatic rings. The minimum atomic E-state index is -2.93. The first-order chi connectivity index (χ1) is 11.8. The molecule has 7 heteroatoms. The van der Waals surface area contributed by atoms with E-state index < -0.39 is 9.84 Å². The molecule has 0 spiro atoms. The van der Waals surface area contributed by atoms with E-state index in [2.05, 4.69) is 15.6 Å². The van der Waals surface area contributed by atoms with E-state index in [1.54, 1.807) is 12.1 Å². The Morgan fingerprint density at radius 1 is 1.16 bits per heavy atom. The molecule has 2 N–H and O–H groups in total. The smallest absolute Gasteiger partial charge is 0.257 e. The number of aryl methyl sites for hydroxylation is 2. The Bertz CT molecular complexity index is 892. The summed E-state index contributed by atoms with van der Waals surface area (Å²) in [5, 5.41) is 5.95. The molecule has 1 aromatic heterocycles. The molecule has 0 saturated carbocycles. The third-order valence-electron chi connectivity index (χ3n) is 4.37. The van der Waals surface area contributed by atoms with Gasteiger partial charge in [-0.05, 0) is 55.7 Å². The molecule has 1 unspecified atom stereocenters. The van der Waals surface area contributed by atoms with Gasteiger partial charge in [-0.1, -0.05) is 6.07 Å². The molecule has 6 nitrogen and oxygen atoms in total. The second kappa shape index (κ2) is 6.84. The minimum Gasteiger partial charge on any atom is -0.366 e. The van der Waals surface area contributed by atoms with Crippen molar-refractivity contribution in [1.82, 2.24) is 4.98 Å². The summed E-state index contributed by atoms with van der Waals surface area (Å²) in [5.74, 6) is 0.681. The summed E-state index contributed by atoms with van der Waals surface area (Å²) in [7, 11) is -2.93. The van der Waals surface area contributed by atoms with Crippen LogP contribution in [0.1, 0.15) is 27.9 Å². The SMILES string of the molecule is Cc1ccc(NC(=O)c2ccc(NC3CCS(=O)(=O)C3)nc2)cc1C. The predicted molar refractivity (Wildman–Crippen MR) is 98.8 cm³/mol. The third-order valence-corrected chi connectivity index (χ3v) is 6.14. The highest BCUT2D eigenvalue weighted by Crippen LogP contribution is 2.18. The van der Waals surface area contributed by atoms with E-state index in [1.807, 2.05) is 32.0 Å². The molecular formula is C18H21N3O3S. The Morgan fingerprint density at radius 3 is 2.56 bits per heavy atom. The van der Waals surface area contributed by atoms with Gasteiger partial charge in [0.05, 0.1) is 17.1 Å². The number of benzene rings is 1. The molecule has 1 saturated heterocycles. The van der Waals surface area contributed by atoms with Crippen molar-refractivity contribution in [2.24, 2.45) is 0 Å². The van der Waals surface area contributed by atoms with Crippen molar-refractivity contribution in [2.75, 3.05) is 22.1 Å². The lowest BCUT2D eigenvalue weighted by Gasteiger charge is -2.12. The summed E-state index contributed by atoms with van der Waals surface area (Å²) < 4.78 is 23.0. The van der Waals surface area contributed by atoms with Crippen LogP contribution in [0.25, 0.3) is 0 Å². The summed E-state index contributed by atoms with van der Waals surface area (Å²) in [5.41, 5.74) is 3.47. The molecule has 25 heavy (non-hydrogen) atoms. The van der Waals surface area contributed by atoms with Gasteiger partial charge in [0.1, 0.15) is 5.82 Å². The monoisotopic (exact) mass is 359 g/mol. The molecule has 2 aromatic rings. The lowest BCUT2D eigenvalue weighted by Crippen LogP contribution is -2.21. The number of nitrogens with zero attached hydrogens (tertiary/aromatic N) is 1. The molecule has 3 rings (SSSR count). The van der Waals surface area contributed by atoms with Crippen LogP contribution in [0.4, 0.5) is 11.5 Å². The van der Waals surface area contributed by atoms with Crippen molar-refractivity contribution in [2.45, 2.75) is 26.3 Å². The molecule has 1 atom stereocenters. The number of anilines is 2. The lowest BCUT2D eigenvalue weighted by molar-refractivity contribution is 0.102. The van der Waals surface area contributed by atoms with Gasteiger partial charge in [0.15, 0.2) is 9.84 Å². The van der Waals surface area contributed by atoms with E-state index in [-0.39, 0.29) is 23.5 Å². The number of carbonyl (C=O) groups is 1. The van der Waals surface area contributed by atoms with Crippen LogP contribution < -0.4 is 10.6 Å². The fraction of sp³-hybridized carbons (Fsp3) is 0.333. The molecule has 1 fully saturated rings. The van der Waals surface area contributed by atoms with Gasteiger partial charge >= 0.3 is 0 Å². The molecule has 2 heterocycles. The largest absolute Gasteiger partial charge is 0.366 e. The second-order valence-corrected chi connectivity index (χ2v) is 8.66. The molecule has 132 valence electrons. The van der Waals surface area contributed by atoms with E-state index in [9.17, 15) is 13.2 Å². The summed E-state index contributed by atoms with van der Waals surface area (Å²) in [6.07, 6.45) is 2.07. The molecule has 0 radical (unpaired) electrons. The van der Waals surface area contributed by atoms with Gasteiger partial charge in [0.2, 0.25) is 0 Å². The van der Waals surface area contributed by atoms with E-state index in [4.69, 9.17) is 0 Å². The van der Waals surface area contributed by atoms with Crippen LogP contribution in [0, 0.1) is 13.8 Å². The maximum atomic E-state index is 12.3. The highest BCUT2D eigenvalue weighted by molar-refractivity contribution is 7.91. The van der Waals surface area contributed by atoms with Gasteiger partial charge in [-0.15, -0.1) is 0 Å². The predicted octanol–water partition coefficient (Wildman–Crippen LogP) is 2.55. The second-order valence-electron chi connectivity index (χ2n) is 6.43. The van der Waals surface area contributed by atoms with Crippen molar-refractivity contribution in [3.05, 3.63) is 53.2 Å². The number of carbonyl (C=O) groups excluding carboxylic acids is 1. The van der Waals surface area contributed by atoms with Crippen LogP contribution in [0.2, 0.25) is 0 Å². The van der Waals surface area contributed by atoms with Crippen molar-refractivity contribution in [3.63, 3.8) is 0 Å². The first-order valence-corrected chi connectivity index (χ1v) is 9.96. The summed E-state index contributed by atoms with van der Waals surface area (Å²) in [4.78, 5) is 16.5. The van der Waals surface area contributed by atoms with E-state index in [0.717, 1.165) is 11.3 Å². The number of amides is 1. The zero-order valence-corrected chi connectivity index (χ0v) is 15.1. The molecule has 1 aromatic carbocycles. The zero-order valence-electron chi connectivity index (χ0n) is 14.2. The molecular weight excluding hydrogens is 338 g/mol. The van der Waals surface area contributed by atoms with Gasteiger partial charge in [0, 0.05) is 17.9 Å². The Labute approximate surface area is 147 Å². The number of pyridine rings is 1. The van der Waals surface area contributed by atoms with Crippen LogP contribution in [0.15, 0.2) is 36.5 Å². The Morgan fingerprint density at radius 2 is 1.96 bits per heavy atom. The standard InChI is InChI=1S/C18H21N3O3S/c1-12-3-5-15(9-13(12)2)21-18(22)14-4-6-17(19-10-14)20-16-7-8-25(23,24)11-16/h3-6,9-10,16H,7-8,11H2,1-2H3,(H,19,20)(H,21,22). The third kappa shape index (κ3) is 4.36. The number of sulfone groups is 1. The molecule has 1 aliphatic heterocycles. The van der Waals surface area contributed by atoms with Crippen molar-refractivity contribution in [1.29, 1.82) is 0 Å². The maximum Gasteiger partial charge on any atom is 0.257 e. The zero-order chi connectivity index (χ0) is 18.0. The van der Waals surface area contributed by atoms with Crippen LogP contribution in [0.5, 0.6) is 0 Å². The van der Waals surface area contributed by atoms with Crippen molar-refractivity contribution < 1.29 is 13.2 Å². The number of rotatable bonds is 4. The molecule has 0 bridgehead atoms. The van der Waals surface area contributed by atoms with Crippen LogP contribution in [-0.4, -0.2) is 36.9 Å². The maximum absolute atomic E-state index is 12.3. The summed E-state index contributed by atoms with van der Waals surface area (Å²) in [6, 6.07) is 9.01. The van der Waals surface area contributed by atoms with Crippen molar-refractivity contribution in [3.8, 4) is 0 Å². The quantitative estimate of drug-likeness (QED) is 0.876. The Balaban J connectivity index is 1.63. The number of hydrogen-bond donors (Lipinski definition) is 2. The molecule has 1 amide bonds. The first kappa shape index (κ1) is 17.4. The fourth-order valence-electron chi connectivity index (χ4n) is 2.75. The topological polar surface area (TPSA) is 88.2 Å². The normalized spacial score (nSPS) is 18.7. The van der Waals surface area contributed by atoms with E-state index >= 15 is 0 Å². The van der Waals surface area contributed by atoms with Gasteiger partial charge < -0.3 is 10.6 Å². The lowest BCUT2D eigenvalue weighted by atomic mass is 10.1. The fourth-order valence-corrected chi connectivity index (χ4v) is 4.43. The average Bonchev–Trinajstić information content (AvgIpc) is 2.90. The van der Waals surface area contributed by atoms with Crippen LogP contribution >= 0.6 is 0 Å². The average molecular weight is 359 g/mol. The van der Waals surface area contributed by atoms with E-state index in [1.165, 1.54) is 11.8 Å². The highest BCUT2D eigenvalue weighted by atomic mass is 32.2. The minimum absolute atomic E-state index is 0.118. The highest BCUT2D eigenvalue weighted by Gasteiger charge is 2.27. The van der Waals surface area contributed by atoms with Crippen LogP contribution in [-0.2, 0) is 9.84 Å². The first-order valence-electron chi connectivity index (χ1n) is 8.14. The van der Waals surface area contributed by atoms with Gasteiger partial charge in [-0.25, -0.2) is 13.4 Å². The van der Waals surface area contributed by atoms with Crippen LogP contribution in [0.3, 0.4) is 0 Å². The van der Waals surface area contributed by atoms with E-state index in [0.29, 0.717) is 17.8 Å². The van der Waals surface area contributed by atoms with Gasteiger partial charge in [-0.2, -0.15) is 0 Å². The van der Waals surface area contributed by atoms with Crippen molar-refractivity contribution >= 4 is 27.2 Å². The number of aromatic nitrogens is 1. The number of nitrogens with one attached hydrogen (secondary N) is 2. The van der Waals surface area contributed by atoms with Gasteiger partial charge in [0.25, 0.3) is 5.91 Å². The summed E-state index contributed by atoms with van der Waals surface area (Å²) in [6.45, 7) is 4.02. The summed E-state index contributed by atoms with van der Waals surface area (Å²) >= 11 is 0. The van der Waals surface area contributed by atoms with Gasteiger partial charge in [-0.3, -0.25) is 4.79 Å².